The second-order valence-corrected chi connectivity index (χ2v) is 4.96. The van der Waals surface area contributed by atoms with Gasteiger partial charge in [0.05, 0.1) is 25.1 Å². The van der Waals surface area contributed by atoms with Gasteiger partial charge in [0.15, 0.2) is 0 Å². The monoisotopic (exact) mass is 284 g/mol. The largest absolute Gasteiger partial charge is 0.493 e. The molecule has 1 aromatic carbocycles. The second-order valence-electron chi connectivity index (χ2n) is 4.38. The number of hydrogen-bond donors (Lipinski definition) is 0. The molecule has 1 atom stereocenters. The maximum atomic E-state index is 5.75. The first-order chi connectivity index (χ1) is 9.22. The molecule has 0 bridgehead atoms. The molecule has 0 heterocycles. The van der Waals surface area contributed by atoms with E-state index in [1.165, 1.54) is 0 Å². The molecule has 3 nitrogen and oxygen atoms in total. The van der Waals surface area contributed by atoms with E-state index in [2.05, 4.69) is 30.0 Å². The molecule has 0 saturated heterocycles. The van der Waals surface area contributed by atoms with E-state index < -0.39 is 0 Å². The van der Waals surface area contributed by atoms with Crippen molar-refractivity contribution in [3.63, 3.8) is 0 Å². The summed E-state index contributed by atoms with van der Waals surface area (Å²) in [7, 11) is 2.70. The summed E-state index contributed by atoms with van der Waals surface area (Å²) in [5.41, 5.74) is 0. The molecule has 0 spiro atoms. The maximum absolute atomic E-state index is 5.75. The predicted molar refractivity (Wildman–Crippen MR) is 83.1 cm³/mol. The summed E-state index contributed by atoms with van der Waals surface area (Å²) < 4.78 is 17.2. The van der Waals surface area contributed by atoms with Crippen molar-refractivity contribution in [2.45, 2.75) is 40.0 Å². The number of hydrogen-bond acceptors (Lipinski definition) is 3. The lowest BCUT2D eigenvalue weighted by Gasteiger charge is -2.15. The van der Waals surface area contributed by atoms with Gasteiger partial charge in [-0.05, 0) is 19.3 Å². The van der Waals surface area contributed by atoms with Gasteiger partial charge in [0.25, 0.3) is 0 Å². The highest BCUT2D eigenvalue weighted by molar-refractivity contribution is 7.28. The van der Waals surface area contributed by atoms with Crippen molar-refractivity contribution in [3.05, 3.63) is 12.1 Å². The smallest absolute Gasteiger partial charge is 0.133 e. The molecule has 0 aliphatic carbocycles. The summed E-state index contributed by atoms with van der Waals surface area (Å²) in [6.45, 7) is 8.38. The van der Waals surface area contributed by atoms with Crippen LogP contribution in [0.3, 0.4) is 0 Å². The molecule has 1 aromatic rings. The van der Waals surface area contributed by atoms with Crippen LogP contribution in [0.25, 0.3) is 0 Å². The third kappa shape index (κ3) is 5.28. The van der Waals surface area contributed by atoms with Crippen molar-refractivity contribution in [3.8, 4) is 17.2 Å². The van der Waals surface area contributed by atoms with Gasteiger partial charge in [0.2, 0.25) is 0 Å². The van der Waals surface area contributed by atoms with Gasteiger partial charge in [-0.3, -0.25) is 0 Å². The van der Waals surface area contributed by atoms with E-state index in [0.717, 1.165) is 41.8 Å². The molecular weight excluding hydrogens is 259 g/mol. The minimum atomic E-state index is 0.700. The molecule has 19 heavy (non-hydrogen) atoms. The van der Waals surface area contributed by atoms with Crippen molar-refractivity contribution < 1.29 is 14.2 Å². The Labute approximate surface area is 118 Å². The van der Waals surface area contributed by atoms with E-state index in [-0.39, 0.29) is 0 Å². The Morgan fingerprint density at radius 1 is 0.789 bits per heavy atom. The fraction of sp³-hybridized carbons (Fsp3) is 0.600. The van der Waals surface area contributed by atoms with Crippen molar-refractivity contribution in [1.29, 1.82) is 0 Å². The molecule has 1 unspecified atom stereocenters. The van der Waals surface area contributed by atoms with Gasteiger partial charge in [-0.15, -0.1) is 0 Å². The van der Waals surface area contributed by atoms with Crippen LogP contribution < -0.4 is 19.5 Å². The maximum Gasteiger partial charge on any atom is 0.133 e. The molecule has 0 radical (unpaired) electrons. The fourth-order valence-electron chi connectivity index (χ4n) is 1.54. The zero-order valence-electron chi connectivity index (χ0n) is 12.2. The van der Waals surface area contributed by atoms with Crippen LogP contribution in [-0.4, -0.2) is 19.8 Å². The van der Waals surface area contributed by atoms with E-state index in [4.69, 9.17) is 14.2 Å². The lowest BCUT2D eigenvalue weighted by molar-refractivity contribution is 0.290. The molecule has 0 aliphatic rings. The summed E-state index contributed by atoms with van der Waals surface area (Å²) >= 11 is 0. The van der Waals surface area contributed by atoms with Gasteiger partial charge < -0.3 is 14.2 Å². The zero-order valence-corrected chi connectivity index (χ0v) is 13.4. The second kappa shape index (κ2) is 9.03. The van der Waals surface area contributed by atoms with Crippen LogP contribution in [0.2, 0.25) is 0 Å². The van der Waals surface area contributed by atoms with Crippen molar-refractivity contribution in [1.82, 2.24) is 0 Å². The highest BCUT2D eigenvalue weighted by Crippen LogP contribution is 2.28. The SMILES string of the molecule is CCCOc1cc(OCCC)c(P)c(OCCC)c1. The lowest BCUT2D eigenvalue weighted by Crippen LogP contribution is -2.10. The van der Waals surface area contributed by atoms with Gasteiger partial charge in [-0.1, -0.05) is 30.0 Å². The van der Waals surface area contributed by atoms with Crippen molar-refractivity contribution >= 4 is 14.5 Å². The van der Waals surface area contributed by atoms with E-state index in [0.29, 0.717) is 19.8 Å². The van der Waals surface area contributed by atoms with Crippen molar-refractivity contribution in [2.24, 2.45) is 0 Å². The molecule has 4 heteroatoms. The average molecular weight is 284 g/mol. The van der Waals surface area contributed by atoms with Crippen LogP contribution in [0.15, 0.2) is 12.1 Å². The van der Waals surface area contributed by atoms with E-state index >= 15 is 0 Å². The first kappa shape index (κ1) is 16.1. The molecule has 108 valence electrons. The summed E-state index contributed by atoms with van der Waals surface area (Å²) in [6, 6.07) is 3.87. The van der Waals surface area contributed by atoms with Gasteiger partial charge >= 0.3 is 0 Å². The Hall–Kier alpha value is -0.950. The lowest BCUT2D eigenvalue weighted by atomic mass is 10.3. The number of benzene rings is 1. The minimum Gasteiger partial charge on any atom is -0.493 e. The standard InChI is InChI=1S/C15H25O3P/c1-4-7-16-12-10-13(17-8-5-2)15(19)14(11-12)18-9-6-3/h10-11H,4-9,19H2,1-3H3. The summed E-state index contributed by atoms with van der Waals surface area (Å²) in [4.78, 5) is 0. The third-order valence-electron chi connectivity index (χ3n) is 2.47. The zero-order chi connectivity index (χ0) is 14.1. The average Bonchev–Trinajstić information content (AvgIpc) is 2.43. The highest BCUT2D eigenvalue weighted by Gasteiger charge is 2.10. The normalized spacial score (nSPS) is 10.3. The topological polar surface area (TPSA) is 27.7 Å². The summed E-state index contributed by atoms with van der Waals surface area (Å²) in [6.07, 6.45) is 2.95. The van der Waals surface area contributed by atoms with E-state index in [1.54, 1.807) is 0 Å². The molecule has 0 fully saturated rings. The van der Waals surface area contributed by atoms with Gasteiger partial charge in [-0.25, -0.2) is 0 Å². The van der Waals surface area contributed by atoms with Crippen LogP contribution >= 0.6 is 9.24 Å². The molecule has 0 amide bonds. The Balaban J connectivity index is 2.92. The van der Waals surface area contributed by atoms with Gasteiger partial charge in [0.1, 0.15) is 17.2 Å². The van der Waals surface area contributed by atoms with Crippen LogP contribution in [-0.2, 0) is 0 Å². The Kier molecular flexibility index (Phi) is 7.66. The predicted octanol–water partition coefficient (Wildman–Crippen LogP) is 3.55. The van der Waals surface area contributed by atoms with Crippen LogP contribution in [0, 0.1) is 0 Å². The molecule has 0 N–H and O–H groups in total. The van der Waals surface area contributed by atoms with E-state index in [1.807, 2.05) is 12.1 Å². The van der Waals surface area contributed by atoms with Gasteiger partial charge in [-0.2, -0.15) is 0 Å². The van der Waals surface area contributed by atoms with Crippen LogP contribution in [0.4, 0.5) is 0 Å². The summed E-state index contributed by atoms with van der Waals surface area (Å²) in [5, 5.41) is 0.964. The first-order valence-electron chi connectivity index (χ1n) is 7.04. The number of rotatable bonds is 9. The Morgan fingerprint density at radius 3 is 1.63 bits per heavy atom. The minimum absolute atomic E-state index is 0.700. The van der Waals surface area contributed by atoms with Crippen LogP contribution in [0.5, 0.6) is 17.2 Å². The molecule has 1 rings (SSSR count). The van der Waals surface area contributed by atoms with Gasteiger partial charge in [0, 0.05) is 12.1 Å². The molecule has 0 aromatic heterocycles. The summed E-state index contributed by atoms with van der Waals surface area (Å²) in [5.74, 6) is 2.46. The fourth-order valence-corrected chi connectivity index (χ4v) is 1.88. The van der Waals surface area contributed by atoms with E-state index in [9.17, 15) is 0 Å². The first-order valence-corrected chi connectivity index (χ1v) is 7.62. The Bertz CT molecular complexity index is 351. The molecule has 0 saturated carbocycles. The quantitative estimate of drug-likeness (QED) is 0.649. The Morgan fingerprint density at radius 2 is 1.21 bits per heavy atom. The van der Waals surface area contributed by atoms with Crippen LogP contribution in [0.1, 0.15) is 40.0 Å². The highest BCUT2D eigenvalue weighted by atomic mass is 31.0. The molecular formula is C15H25O3P. The molecule has 0 aliphatic heterocycles. The number of ether oxygens (including phenoxy) is 3. The van der Waals surface area contributed by atoms with Crippen molar-refractivity contribution in [2.75, 3.05) is 19.8 Å². The third-order valence-corrected chi connectivity index (χ3v) is 3.04.